The van der Waals surface area contributed by atoms with Crippen LogP contribution in [0.25, 0.3) is 0 Å². The molecule has 1 aromatic rings. The van der Waals surface area contributed by atoms with Crippen molar-refractivity contribution in [2.45, 2.75) is 48.5 Å². The molecule has 0 bridgehead atoms. The van der Waals surface area contributed by atoms with Crippen molar-refractivity contribution in [1.82, 2.24) is 0 Å². The van der Waals surface area contributed by atoms with Gasteiger partial charge in [-0.15, -0.1) is 0 Å². The number of rotatable bonds is 7. The van der Waals surface area contributed by atoms with Gasteiger partial charge in [0.2, 0.25) is 0 Å². The molecule has 0 aliphatic rings. The summed E-state index contributed by atoms with van der Waals surface area (Å²) >= 11 is 0. The van der Waals surface area contributed by atoms with E-state index >= 15 is 0 Å². The van der Waals surface area contributed by atoms with Gasteiger partial charge < -0.3 is 33.9 Å². The Morgan fingerprint density at radius 2 is 0.909 bits per heavy atom. The third-order valence-corrected chi connectivity index (χ3v) is 2.48. The molecule has 0 unspecified atom stereocenters. The molecule has 0 aliphatic heterocycles. The van der Waals surface area contributed by atoms with Crippen LogP contribution in [0, 0.1) is 26.2 Å². The molecule has 33 heavy (non-hydrogen) atoms. The maximum atomic E-state index is 10.4. The van der Waals surface area contributed by atoms with E-state index in [9.17, 15) is 33.6 Å². The first-order chi connectivity index (χ1) is 14.1. The summed E-state index contributed by atoms with van der Waals surface area (Å²) in [5, 5.41) is 8.51. The van der Waals surface area contributed by atoms with Crippen LogP contribution in [-0.4, -0.2) is 45.8 Å². The van der Waals surface area contributed by atoms with Crippen LogP contribution in [0.5, 0.6) is 0 Å². The fourth-order valence-corrected chi connectivity index (χ4v) is 1.64. The third-order valence-electron chi connectivity index (χ3n) is 2.48. The van der Waals surface area contributed by atoms with Crippen molar-refractivity contribution in [2.75, 3.05) is 0 Å². The number of aromatic carboxylic acids is 1. The van der Waals surface area contributed by atoms with Crippen molar-refractivity contribution in [3.8, 4) is 0 Å². The predicted molar refractivity (Wildman–Crippen MR) is 115 cm³/mol. The van der Waals surface area contributed by atoms with Gasteiger partial charge >= 0.3 is 25.4 Å². The van der Waals surface area contributed by atoms with Crippen molar-refractivity contribution in [2.24, 2.45) is 0 Å². The van der Waals surface area contributed by atoms with Gasteiger partial charge in [-0.05, 0) is 60.6 Å². The summed E-state index contributed by atoms with van der Waals surface area (Å²) in [6, 6.07) is 6.82. The Bertz CT molecular complexity index is 704. The summed E-state index contributed by atoms with van der Waals surface area (Å²) in [6.45, 7) is 9.96. The van der Waals surface area contributed by atoms with Gasteiger partial charge in [-0.2, -0.15) is 0 Å². The predicted octanol–water partition coefficient (Wildman–Crippen LogP) is 2.79. The second-order valence-corrected chi connectivity index (χ2v) is 6.27. The first-order valence-electron chi connectivity index (χ1n) is 8.96. The summed E-state index contributed by atoms with van der Waals surface area (Å²) in [7, 11) is 0. The fraction of sp³-hybridized carbons (Fsp3) is 0.304. The zero-order valence-corrected chi connectivity index (χ0v) is 26.2. The van der Waals surface area contributed by atoms with Gasteiger partial charge in [-0.3, -0.25) is 19.3 Å². The van der Waals surface area contributed by atoms with E-state index in [1.54, 1.807) is 18.2 Å². The number of benzene rings is 1. The molecular formula is C23H29O8Zn2-. The minimum atomic E-state index is -0.872. The fourth-order valence-electron chi connectivity index (χ4n) is 1.64. The van der Waals surface area contributed by atoms with Crippen molar-refractivity contribution >= 4 is 40.7 Å². The molecular weight excluding hydrogens is 535 g/mol. The van der Waals surface area contributed by atoms with Crippen LogP contribution in [0.4, 0.5) is 0 Å². The summed E-state index contributed by atoms with van der Waals surface area (Å²) in [5.41, 5.74) is 1.32. The number of aryl methyl sites for hydroxylation is 1. The average Bonchev–Trinajstić information content (AvgIpc) is 2.52. The Labute approximate surface area is 220 Å². The zero-order valence-electron chi connectivity index (χ0n) is 20.3. The van der Waals surface area contributed by atoms with Crippen molar-refractivity contribution in [1.29, 1.82) is 0 Å². The van der Waals surface area contributed by atoms with E-state index in [0.29, 0.717) is 5.56 Å². The van der Waals surface area contributed by atoms with E-state index in [4.69, 9.17) is 5.11 Å². The molecule has 0 fully saturated rings. The Hall–Kier alpha value is -2.43. The topological polar surface area (TPSA) is 140 Å². The van der Waals surface area contributed by atoms with Crippen molar-refractivity contribution in [3.05, 3.63) is 54.7 Å². The summed E-state index contributed by atoms with van der Waals surface area (Å²) in [4.78, 5) is 70.2. The van der Waals surface area contributed by atoms with Crippen LogP contribution in [0.3, 0.4) is 0 Å². The van der Waals surface area contributed by atoms with Crippen molar-refractivity contribution in [3.63, 3.8) is 0 Å². The number of carbonyl (C=O) groups excluding carboxylic acids is 6. The molecule has 0 aromatic heterocycles. The first kappa shape index (κ1) is 40.9. The van der Waals surface area contributed by atoms with E-state index < -0.39 is 5.97 Å². The van der Waals surface area contributed by atoms with Crippen LogP contribution < -0.4 is 0 Å². The standard InChI is InChI=1S/C8H8O2.3C5H7O2.2Zn/c1-6-3-2-4-7(5-6)8(9)10;3*1-4(6)3-5(2)7;;/h2-5H,1H3,(H,9,10);3*3H,1-2H3;;/q;3*-1;;+2. The molecule has 1 N–H and O–H groups in total. The third kappa shape index (κ3) is 40.5. The zero-order chi connectivity index (χ0) is 25.1. The van der Waals surface area contributed by atoms with Gasteiger partial charge in [0.25, 0.3) is 0 Å². The maximum absolute atomic E-state index is 10.4. The maximum Gasteiger partial charge on any atom is 2.00 e. The Balaban J connectivity index is -0.000000105. The monoisotopic (exact) mass is 561 g/mol. The Kier molecular flexibility index (Phi) is 30.0. The second kappa shape index (κ2) is 24.2. The molecule has 1 aromatic carbocycles. The van der Waals surface area contributed by atoms with E-state index in [2.05, 4.69) is 0 Å². The van der Waals surface area contributed by atoms with E-state index in [0.717, 1.165) is 24.8 Å². The van der Waals surface area contributed by atoms with Crippen LogP contribution in [0.1, 0.15) is 57.5 Å². The van der Waals surface area contributed by atoms with Crippen LogP contribution in [-0.2, 0) is 67.7 Å². The second-order valence-electron chi connectivity index (χ2n) is 6.27. The molecule has 0 heterocycles. The quantitative estimate of drug-likeness (QED) is 0.303. The van der Waals surface area contributed by atoms with E-state index in [1.165, 1.54) is 41.5 Å². The largest absolute Gasteiger partial charge is 2.00 e. The number of carbonyl (C=O) groups is 7. The Morgan fingerprint density at radius 1 is 0.636 bits per heavy atom. The number of carboxylic acids is 1. The minimum Gasteiger partial charge on any atom is -0.478 e. The molecule has 174 valence electrons. The molecule has 0 saturated carbocycles. The number of hydrogen-bond donors (Lipinski definition) is 1. The van der Waals surface area contributed by atoms with Gasteiger partial charge in [0.15, 0.2) is 0 Å². The van der Waals surface area contributed by atoms with Gasteiger partial charge in [0, 0.05) is 54.2 Å². The van der Waals surface area contributed by atoms with E-state index in [1.807, 2.05) is 13.0 Å². The SMILES string of the molecule is CC(=O)[CH-]C(C)=O.CC(=O)[CH-]C(C)=O.CC(=O)[CH-]C(C)=O.Cc1cccc(C(=O)O)c1.[Zn+2].[Zn]. The summed E-state index contributed by atoms with van der Waals surface area (Å²) in [5.74, 6) is -2.00. The number of hydrogen-bond acceptors (Lipinski definition) is 7. The molecule has 0 amide bonds. The van der Waals surface area contributed by atoms with Gasteiger partial charge in [-0.25, -0.2) is 4.79 Å². The normalized spacial score (nSPS) is 7.73. The van der Waals surface area contributed by atoms with Gasteiger partial charge in [0.05, 0.1) is 5.56 Å². The molecule has 0 spiro atoms. The average molecular weight is 564 g/mol. The number of ketones is 6. The first-order valence-corrected chi connectivity index (χ1v) is 8.96. The van der Waals surface area contributed by atoms with Crippen LogP contribution in [0.2, 0.25) is 0 Å². The molecule has 1 rings (SSSR count). The van der Waals surface area contributed by atoms with E-state index in [-0.39, 0.29) is 73.7 Å². The van der Waals surface area contributed by atoms with Gasteiger partial charge in [-0.1, -0.05) is 17.7 Å². The molecule has 10 heteroatoms. The van der Waals surface area contributed by atoms with Crippen molar-refractivity contribution < 1.29 is 77.6 Å². The summed E-state index contributed by atoms with van der Waals surface area (Å²) in [6.07, 6.45) is 3.17. The molecule has 8 nitrogen and oxygen atoms in total. The van der Waals surface area contributed by atoms with Gasteiger partial charge in [0.1, 0.15) is 0 Å². The molecule has 0 atom stereocenters. The molecule has 0 aliphatic carbocycles. The molecule has 0 saturated heterocycles. The Morgan fingerprint density at radius 3 is 1.03 bits per heavy atom. The minimum absolute atomic E-state index is 0. The molecule has 0 radical (unpaired) electrons. The number of Topliss-reactive ketones (excluding diaryl/α,β-unsaturated/α-hetero) is 6. The summed E-state index contributed by atoms with van der Waals surface area (Å²) < 4.78 is 0. The van der Waals surface area contributed by atoms with Crippen LogP contribution in [0.15, 0.2) is 24.3 Å². The smallest absolute Gasteiger partial charge is 0.478 e. The number of carboxylic acid groups (broad SMARTS) is 1. The van der Waals surface area contributed by atoms with Crippen LogP contribution >= 0.6 is 0 Å².